The Balaban J connectivity index is 0.00000742. The summed E-state index contributed by atoms with van der Waals surface area (Å²) >= 11 is 0. The van der Waals surface area contributed by atoms with Gasteiger partial charge in [0, 0.05) is 20.0 Å². The third kappa shape index (κ3) is 14.3. The average molecular weight is 581 g/mol. The van der Waals surface area contributed by atoms with Crippen molar-refractivity contribution in [2.45, 2.75) is 84.1 Å². The van der Waals surface area contributed by atoms with Crippen LogP contribution >= 0.6 is 0 Å². The summed E-state index contributed by atoms with van der Waals surface area (Å²) in [6.45, 7) is 8.14. The number of sulfone groups is 1. The summed E-state index contributed by atoms with van der Waals surface area (Å²) in [5.74, 6) is -1.30. The van der Waals surface area contributed by atoms with E-state index in [4.69, 9.17) is 10.5 Å². The van der Waals surface area contributed by atoms with Crippen molar-refractivity contribution in [1.82, 2.24) is 15.5 Å². The highest BCUT2D eigenvalue weighted by atomic mass is 32.2. The lowest BCUT2D eigenvalue weighted by Gasteiger charge is -2.29. The van der Waals surface area contributed by atoms with Crippen molar-refractivity contribution in [2.75, 3.05) is 32.0 Å². The molecule has 0 bridgehead atoms. The van der Waals surface area contributed by atoms with Crippen molar-refractivity contribution in [2.24, 2.45) is 5.73 Å². The molecule has 0 heterocycles. The van der Waals surface area contributed by atoms with E-state index in [9.17, 15) is 22.8 Å². The Labute approximate surface area is 240 Å². The fourth-order valence-electron chi connectivity index (χ4n) is 4.18. The van der Waals surface area contributed by atoms with E-state index in [1.807, 2.05) is 45.0 Å². The number of aryl methyl sites for hydroxylation is 1. The van der Waals surface area contributed by atoms with Crippen molar-refractivity contribution < 1.29 is 27.5 Å². The summed E-state index contributed by atoms with van der Waals surface area (Å²) in [6, 6.07) is 6.53. The Bertz CT molecular complexity index is 1020. The van der Waals surface area contributed by atoms with E-state index in [0.29, 0.717) is 45.2 Å². The molecule has 0 aliphatic rings. The highest BCUT2D eigenvalue weighted by Crippen LogP contribution is 2.18. The Hall–Kier alpha value is -3.10. The summed E-state index contributed by atoms with van der Waals surface area (Å²) < 4.78 is 31.9. The molecule has 11 heteroatoms. The van der Waals surface area contributed by atoms with Crippen molar-refractivity contribution in [3.8, 4) is 12.8 Å². The smallest absolute Gasteiger partial charge is 0.407 e. The molecule has 0 saturated carbocycles. The van der Waals surface area contributed by atoms with Gasteiger partial charge in [-0.2, -0.15) is 0 Å². The van der Waals surface area contributed by atoms with E-state index in [1.165, 1.54) is 6.92 Å². The maximum absolute atomic E-state index is 13.8. The molecule has 1 aromatic carbocycles. The quantitative estimate of drug-likeness (QED) is 0.179. The zero-order valence-electron chi connectivity index (χ0n) is 24.5. The summed E-state index contributed by atoms with van der Waals surface area (Å²) in [7, 11) is -3.71. The van der Waals surface area contributed by atoms with E-state index < -0.39 is 38.9 Å². The predicted molar refractivity (Wildman–Crippen MR) is 159 cm³/mol. The molecule has 3 amide bonds. The molecule has 0 aromatic heterocycles. The molecule has 1 aromatic rings. The highest BCUT2D eigenvalue weighted by molar-refractivity contribution is 7.92. The number of nitrogens with one attached hydrogen (secondary N) is 2. The van der Waals surface area contributed by atoms with Crippen LogP contribution < -0.4 is 16.4 Å². The van der Waals surface area contributed by atoms with Crippen LogP contribution in [0.5, 0.6) is 0 Å². The number of benzene rings is 1. The summed E-state index contributed by atoms with van der Waals surface area (Å²) in [5, 5.41) is 4.41. The Morgan fingerprint density at radius 3 is 2.25 bits per heavy atom. The van der Waals surface area contributed by atoms with Crippen LogP contribution in [0.15, 0.2) is 24.3 Å². The maximum atomic E-state index is 13.8. The van der Waals surface area contributed by atoms with Crippen LogP contribution in [-0.2, 0) is 37.1 Å². The number of terminal acetylenes is 1. The Kier molecular flexibility index (Phi) is 19.1. The number of nitrogens with zero attached hydrogens (tertiary/aromatic N) is 1. The molecule has 0 aliphatic heterocycles. The van der Waals surface area contributed by atoms with Crippen LogP contribution in [0.3, 0.4) is 0 Å². The van der Waals surface area contributed by atoms with Gasteiger partial charge in [0.1, 0.15) is 12.6 Å². The number of ether oxygens (including phenoxy) is 1. The first-order valence-electron chi connectivity index (χ1n) is 13.9. The molecular weight excluding hydrogens is 532 g/mol. The number of alkyl carbamates (subject to hydrolysis) is 1. The minimum absolute atomic E-state index is 0.102. The largest absolute Gasteiger partial charge is 0.448 e. The Morgan fingerprint density at radius 1 is 1.07 bits per heavy atom. The first-order chi connectivity index (χ1) is 19.1. The van der Waals surface area contributed by atoms with Gasteiger partial charge in [-0.15, -0.1) is 12.8 Å². The Morgan fingerprint density at radius 2 is 1.70 bits per heavy atom. The monoisotopic (exact) mass is 580 g/mol. The first kappa shape index (κ1) is 36.9. The van der Waals surface area contributed by atoms with Gasteiger partial charge in [-0.1, -0.05) is 57.9 Å². The second-order valence-electron chi connectivity index (χ2n) is 9.42. The number of amides is 3. The molecule has 40 heavy (non-hydrogen) atoms. The van der Waals surface area contributed by atoms with E-state index in [-0.39, 0.29) is 25.6 Å². The normalized spacial score (nSPS) is 11.6. The summed E-state index contributed by atoms with van der Waals surface area (Å²) in [5.41, 5.74) is 7.74. The van der Waals surface area contributed by atoms with E-state index in [1.54, 1.807) is 4.90 Å². The molecular formula is C29H48N4O6S. The lowest BCUT2D eigenvalue weighted by molar-refractivity contribution is -0.133. The van der Waals surface area contributed by atoms with Crippen molar-refractivity contribution in [1.29, 1.82) is 0 Å². The van der Waals surface area contributed by atoms with Gasteiger partial charge in [-0.05, 0) is 43.4 Å². The SMILES string of the molecule is C#C.CCCC(CCC)S(=O)(=O)C[C@@H](NC(=O)OCCNC(C)=O)C(=O)N(CCCN)Cc1cccc(CC)c1. The minimum Gasteiger partial charge on any atom is -0.448 e. The van der Waals surface area contributed by atoms with Gasteiger partial charge in [-0.3, -0.25) is 9.59 Å². The van der Waals surface area contributed by atoms with Gasteiger partial charge in [0.25, 0.3) is 0 Å². The lowest BCUT2D eigenvalue weighted by Crippen LogP contribution is -2.53. The zero-order valence-corrected chi connectivity index (χ0v) is 25.3. The van der Waals surface area contributed by atoms with Gasteiger partial charge in [0.15, 0.2) is 9.84 Å². The van der Waals surface area contributed by atoms with Gasteiger partial charge >= 0.3 is 6.09 Å². The van der Waals surface area contributed by atoms with Gasteiger partial charge < -0.3 is 26.0 Å². The molecule has 0 aliphatic carbocycles. The third-order valence-corrected chi connectivity index (χ3v) is 8.43. The average Bonchev–Trinajstić information content (AvgIpc) is 2.93. The predicted octanol–water partition coefficient (Wildman–Crippen LogP) is 2.79. The molecule has 0 unspecified atom stereocenters. The molecule has 1 atom stereocenters. The fourth-order valence-corrected chi connectivity index (χ4v) is 6.34. The van der Waals surface area contributed by atoms with Gasteiger partial charge in [0.2, 0.25) is 11.8 Å². The molecule has 0 fully saturated rings. The van der Waals surface area contributed by atoms with E-state index in [2.05, 4.69) is 23.5 Å². The number of hydrogen-bond donors (Lipinski definition) is 3. The molecule has 226 valence electrons. The van der Waals surface area contributed by atoms with Crippen LogP contribution in [0.25, 0.3) is 0 Å². The minimum atomic E-state index is -3.71. The number of rotatable bonds is 18. The third-order valence-electron chi connectivity index (χ3n) is 6.14. The molecule has 0 saturated heterocycles. The second-order valence-corrected chi connectivity index (χ2v) is 11.7. The lowest BCUT2D eigenvalue weighted by atomic mass is 10.1. The van der Waals surface area contributed by atoms with Crippen LogP contribution in [0.4, 0.5) is 4.79 Å². The van der Waals surface area contributed by atoms with Crippen molar-refractivity contribution in [3.05, 3.63) is 35.4 Å². The zero-order chi connectivity index (χ0) is 30.6. The molecule has 4 N–H and O–H groups in total. The van der Waals surface area contributed by atoms with E-state index >= 15 is 0 Å². The van der Waals surface area contributed by atoms with Gasteiger partial charge in [-0.25, -0.2) is 13.2 Å². The topological polar surface area (TPSA) is 148 Å². The maximum Gasteiger partial charge on any atom is 0.407 e. The van der Waals surface area contributed by atoms with Gasteiger partial charge in [0.05, 0.1) is 17.5 Å². The number of hydrogen-bond acceptors (Lipinski definition) is 7. The molecule has 0 spiro atoms. The fraction of sp³-hybridized carbons (Fsp3) is 0.621. The first-order valence-corrected chi connectivity index (χ1v) is 15.6. The number of carbonyl (C=O) groups is 3. The van der Waals surface area contributed by atoms with E-state index in [0.717, 1.165) is 17.5 Å². The standard InChI is InChI=1S/C27H46N4O6S.C2H2/c1-5-10-24(11-6-2)38(35,36)20-25(30-27(34)37-17-15-29-21(4)32)26(33)31(16-9-14-28)19-23-13-8-12-22(7-3)18-23;1-2/h8,12-13,18,24-25H,5-7,9-11,14-17,19-20,28H2,1-4H3,(H,29,32)(H,30,34);1-2H/t25-;/m1./s1. The van der Waals surface area contributed by atoms with Crippen molar-refractivity contribution in [3.63, 3.8) is 0 Å². The van der Waals surface area contributed by atoms with Crippen LogP contribution in [0.1, 0.15) is 70.9 Å². The van der Waals surface area contributed by atoms with Crippen LogP contribution in [-0.4, -0.2) is 74.5 Å². The molecule has 1 rings (SSSR count). The number of carbonyl (C=O) groups excluding carboxylic acids is 3. The summed E-state index contributed by atoms with van der Waals surface area (Å²) in [6.07, 6.45) is 10.8. The van der Waals surface area contributed by atoms with Crippen molar-refractivity contribution >= 4 is 27.7 Å². The van der Waals surface area contributed by atoms with Crippen LogP contribution in [0, 0.1) is 12.8 Å². The number of nitrogens with two attached hydrogens (primary N) is 1. The van der Waals surface area contributed by atoms with Crippen LogP contribution in [0.2, 0.25) is 0 Å². The highest BCUT2D eigenvalue weighted by Gasteiger charge is 2.34. The molecule has 0 radical (unpaired) electrons. The molecule has 10 nitrogen and oxygen atoms in total. The second kappa shape index (κ2) is 20.8. The summed E-state index contributed by atoms with van der Waals surface area (Å²) in [4.78, 5) is 38.9.